The molecule has 0 radical (unpaired) electrons. The van der Waals surface area contributed by atoms with Crippen molar-refractivity contribution in [1.82, 2.24) is 0 Å². The zero-order valence-corrected chi connectivity index (χ0v) is 17.3. The van der Waals surface area contributed by atoms with Gasteiger partial charge in [0.15, 0.2) is 11.6 Å². The number of Topliss-reactive ketones (excluding diaryl/α,β-unsaturated/α-hetero) is 2. The third-order valence-corrected chi connectivity index (χ3v) is 6.37. The summed E-state index contributed by atoms with van der Waals surface area (Å²) in [5, 5.41) is 0. The van der Waals surface area contributed by atoms with E-state index in [9.17, 15) is 9.59 Å². The maximum absolute atomic E-state index is 13.4. The molecule has 2 nitrogen and oxygen atoms in total. The molecule has 2 aromatic rings. The molecule has 0 unspecified atom stereocenters. The molecular weight excluding hydrogens is 344 g/mol. The van der Waals surface area contributed by atoms with E-state index in [1.807, 2.05) is 60.7 Å². The van der Waals surface area contributed by atoms with E-state index in [2.05, 4.69) is 27.7 Å². The van der Waals surface area contributed by atoms with Gasteiger partial charge in [-0.3, -0.25) is 9.59 Å². The van der Waals surface area contributed by atoms with Crippen LogP contribution in [0.5, 0.6) is 0 Å². The first-order valence-corrected chi connectivity index (χ1v) is 10.3. The van der Waals surface area contributed by atoms with E-state index in [0.29, 0.717) is 0 Å². The summed E-state index contributed by atoms with van der Waals surface area (Å²) in [6.45, 7) is 8.51. The summed E-state index contributed by atoms with van der Waals surface area (Å²) in [5.74, 6) is 0.00570. The lowest BCUT2D eigenvalue weighted by molar-refractivity contribution is 0.0719. The van der Waals surface area contributed by atoms with Crippen LogP contribution in [0.2, 0.25) is 0 Å². The van der Waals surface area contributed by atoms with Gasteiger partial charge in [-0.05, 0) is 25.2 Å². The molecule has 0 N–H and O–H groups in total. The minimum atomic E-state index is -0.238. The average Bonchev–Trinajstić information content (AvgIpc) is 2.72. The Hall–Kier alpha value is -2.48. The average molecular weight is 375 g/mol. The lowest BCUT2D eigenvalue weighted by atomic mass is 9.61. The van der Waals surface area contributed by atoms with Crippen molar-refractivity contribution in [1.29, 1.82) is 0 Å². The van der Waals surface area contributed by atoms with E-state index in [0.717, 1.165) is 24.0 Å². The minimum absolute atomic E-state index is 0.0315. The molecule has 146 valence electrons. The van der Waals surface area contributed by atoms with Crippen LogP contribution in [0.4, 0.5) is 0 Å². The Kier molecular flexibility index (Phi) is 6.28. The van der Waals surface area contributed by atoms with Gasteiger partial charge in [0.1, 0.15) is 0 Å². The Morgan fingerprint density at radius 1 is 0.821 bits per heavy atom. The number of carbonyl (C=O) groups excluding carboxylic acids is 2. The van der Waals surface area contributed by atoms with Crippen molar-refractivity contribution < 1.29 is 9.59 Å². The molecule has 0 saturated heterocycles. The van der Waals surface area contributed by atoms with Crippen molar-refractivity contribution in [3.05, 3.63) is 82.9 Å². The van der Waals surface area contributed by atoms with Crippen LogP contribution in [-0.4, -0.2) is 11.6 Å². The van der Waals surface area contributed by atoms with E-state index in [1.165, 1.54) is 11.1 Å². The maximum Gasteiger partial charge on any atom is 0.170 e. The molecule has 0 amide bonds. The number of hydrogen-bond donors (Lipinski definition) is 0. The van der Waals surface area contributed by atoms with Gasteiger partial charge in [0.25, 0.3) is 0 Å². The normalized spacial score (nSPS) is 24.9. The summed E-state index contributed by atoms with van der Waals surface area (Å²) in [6.07, 6.45) is 1.96. The number of benzene rings is 2. The first-order chi connectivity index (χ1) is 13.5. The van der Waals surface area contributed by atoms with Crippen molar-refractivity contribution in [3.8, 4) is 0 Å². The fraction of sp³-hybridized carbons (Fsp3) is 0.385. The lowest BCUT2D eigenvalue weighted by Crippen LogP contribution is -2.41. The molecule has 0 bridgehead atoms. The predicted octanol–water partition coefficient (Wildman–Crippen LogP) is 6.39. The summed E-state index contributed by atoms with van der Waals surface area (Å²) in [5.41, 5.74) is 3.94. The summed E-state index contributed by atoms with van der Waals surface area (Å²) in [4.78, 5) is 26.9. The number of rotatable bonds is 6. The summed E-state index contributed by atoms with van der Waals surface area (Å²) in [6, 6.07) is 19.0. The Bertz CT molecular complexity index is 864. The number of hydrogen-bond acceptors (Lipinski definition) is 2. The van der Waals surface area contributed by atoms with Gasteiger partial charge in [-0.1, -0.05) is 99.0 Å². The second kappa shape index (κ2) is 8.68. The largest absolute Gasteiger partial charge is 0.294 e. The Balaban J connectivity index is 2.06. The molecule has 0 spiro atoms. The highest BCUT2D eigenvalue weighted by atomic mass is 16.1. The fourth-order valence-electron chi connectivity index (χ4n) is 5.00. The predicted molar refractivity (Wildman–Crippen MR) is 114 cm³/mol. The van der Waals surface area contributed by atoms with Gasteiger partial charge in [0.05, 0.1) is 0 Å². The highest BCUT2D eigenvalue weighted by molar-refractivity contribution is 6.02. The van der Waals surface area contributed by atoms with E-state index in [4.69, 9.17) is 0 Å². The van der Waals surface area contributed by atoms with Crippen LogP contribution in [0, 0.1) is 23.7 Å². The minimum Gasteiger partial charge on any atom is -0.294 e. The molecule has 0 fully saturated rings. The smallest absolute Gasteiger partial charge is 0.170 e. The van der Waals surface area contributed by atoms with Gasteiger partial charge < -0.3 is 0 Å². The van der Waals surface area contributed by atoms with Crippen molar-refractivity contribution >= 4 is 11.6 Å². The highest BCUT2D eigenvalue weighted by Gasteiger charge is 2.44. The molecule has 0 aromatic heterocycles. The van der Waals surface area contributed by atoms with E-state index in [-0.39, 0.29) is 35.2 Å². The third-order valence-electron chi connectivity index (χ3n) is 6.37. The van der Waals surface area contributed by atoms with Crippen LogP contribution in [0.3, 0.4) is 0 Å². The summed E-state index contributed by atoms with van der Waals surface area (Å²) < 4.78 is 0. The number of allylic oxidation sites excluding steroid dienone is 2. The quantitative estimate of drug-likeness (QED) is 0.434. The molecule has 0 aliphatic heterocycles. The van der Waals surface area contributed by atoms with Crippen molar-refractivity contribution in [2.75, 3.05) is 0 Å². The third kappa shape index (κ3) is 3.73. The Morgan fingerprint density at radius 3 is 1.82 bits per heavy atom. The molecule has 3 rings (SSSR count). The van der Waals surface area contributed by atoms with Crippen LogP contribution in [0.1, 0.15) is 61.3 Å². The van der Waals surface area contributed by atoms with Crippen molar-refractivity contribution in [2.24, 2.45) is 23.7 Å². The zero-order chi connectivity index (χ0) is 20.3. The van der Waals surface area contributed by atoms with Crippen LogP contribution in [0.25, 0.3) is 0 Å². The van der Waals surface area contributed by atoms with Gasteiger partial charge in [0.2, 0.25) is 0 Å². The van der Waals surface area contributed by atoms with E-state index < -0.39 is 0 Å². The molecule has 28 heavy (non-hydrogen) atoms. The lowest BCUT2D eigenvalue weighted by Gasteiger charge is -2.41. The summed E-state index contributed by atoms with van der Waals surface area (Å²) >= 11 is 0. The fourth-order valence-corrected chi connectivity index (χ4v) is 5.00. The maximum atomic E-state index is 13.4. The molecule has 0 saturated carbocycles. The number of carbonyl (C=O) groups is 2. The number of ketones is 2. The van der Waals surface area contributed by atoms with E-state index in [1.54, 1.807) is 0 Å². The topological polar surface area (TPSA) is 34.1 Å². The van der Waals surface area contributed by atoms with Crippen LogP contribution >= 0.6 is 0 Å². The SMILES string of the molecule is CCCC1=C(C)[C@H](C(=O)c2ccccc2)[C@@H](C)[C@@H](C(=O)c2ccccc2)[C@H]1C. The molecule has 1 aliphatic rings. The second-order valence-electron chi connectivity index (χ2n) is 8.07. The highest BCUT2D eigenvalue weighted by Crippen LogP contribution is 2.46. The first kappa shape index (κ1) is 20.3. The van der Waals surface area contributed by atoms with Crippen LogP contribution in [-0.2, 0) is 0 Å². The van der Waals surface area contributed by atoms with Gasteiger partial charge >= 0.3 is 0 Å². The zero-order valence-electron chi connectivity index (χ0n) is 17.3. The van der Waals surface area contributed by atoms with Crippen molar-refractivity contribution in [2.45, 2.75) is 40.5 Å². The first-order valence-electron chi connectivity index (χ1n) is 10.3. The van der Waals surface area contributed by atoms with Gasteiger partial charge in [-0.25, -0.2) is 0 Å². The molecule has 2 aromatic carbocycles. The molecule has 4 atom stereocenters. The standard InChI is InChI=1S/C26H30O2/c1-5-12-22-17(2)23(25(27)20-13-8-6-9-14-20)19(4)24(18(22)3)26(28)21-15-10-7-11-16-21/h6-11,13-17,19,23-24H,5,12H2,1-4H3/t17-,19-,23-,24-/m0/s1. The molecular formula is C26H30O2. The Labute approximate surface area is 168 Å². The molecule has 2 heteroatoms. The van der Waals surface area contributed by atoms with Gasteiger partial charge in [-0.15, -0.1) is 0 Å². The van der Waals surface area contributed by atoms with Crippen LogP contribution < -0.4 is 0 Å². The second-order valence-corrected chi connectivity index (χ2v) is 8.07. The monoisotopic (exact) mass is 374 g/mol. The van der Waals surface area contributed by atoms with Gasteiger partial charge in [-0.2, -0.15) is 0 Å². The summed E-state index contributed by atoms with van der Waals surface area (Å²) in [7, 11) is 0. The molecule has 1 aliphatic carbocycles. The Morgan fingerprint density at radius 2 is 1.32 bits per heavy atom. The van der Waals surface area contributed by atoms with Gasteiger partial charge in [0, 0.05) is 23.0 Å². The van der Waals surface area contributed by atoms with E-state index >= 15 is 0 Å². The molecule has 0 heterocycles. The van der Waals surface area contributed by atoms with Crippen molar-refractivity contribution in [3.63, 3.8) is 0 Å². The van der Waals surface area contributed by atoms with Crippen LogP contribution in [0.15, 0.2) is 71.8 Å².